The molecule has 2 nitrogen and oxygen atoms in total. The molecule has 1 aliphatic heterocycles. The number of nitrogens with zero attached hydrogens (tertiary/aromatic N) is 1. The molecule has 1 aromatic carbocycles. The van der Waals surface area contributed by atoms with Crippen molar-refractivity contribution in [3.63, 3.8) is 0 Å². The first-order chi connectivity index (χ1) is 6.89. The van der Waals surface area contributed by atoms with Crippen LogP contribution in [0.5, 0.6) is 0 Å². The molecule has 0 fully saturated rings. The minimum Gasteiger partial charge on any atom is -0.389 e. The van der Waals surface area contributed by atoms with Crippen molar-refractivity contribution in [3.05, 3.63) is 34.9 Å². The van der Waals surface area contributed by atoms with E-state index in [0.717, 1.165) is 11.1 Å². The molecule has 0 saturated carbocycles. The molecule has 76 valence electrons. The topological polar surface area (TPSA) is 20.3 Å². The molecule has 0 aromatic heterocycles. The lowest BCUT2D eigenvalue weighted by atomic mass is 9.85. The molecule has 2 radical (unpaired) electrons. The van der Waals surface area contributed by atoms with Gasteiger partial charge in [0.15, 0.2) is 0 Å². The SMILES string of the molecule is [B]N1Cc2ccc(C(C)(C)C)cc2C1=O. The Labute approximate surface area is 91.7 Å². The maximum absolute atomic E-state index is 11.7. The molecule has 0 bridgehead atoms. The highest BCUT2D eigenvalue weighted by Gasteiger charge is 2.25. The van der Waals surface area contributed by atoms with Crippen molar-refractivity contribution in [2.75, 3.05) is 0 Å². The van der Waals surface area contributed by atoms with Crippen LogP contribution in [0, 0.1) is 0 Å². The van der Waals surface area contributed by atoms with E-state index in [4.69, 9.17) is 7.98 Å². The lowest BCUT2D eigenvalue weighted by Gasteiger charge is -2.19. The maximum Gasteiger partial charge on any atom is 0.241 e. The smallest absolute Gasteiger partial charge is 0.241 e. The van der Waals surface area contributed by atoms with Crippen molar-refractivity contribution in [1.29, 1.82) is 0 Å². The molecule has 1 heterocycles. The summed E-state index contributed by atoms with van der Waals surface area (Å²) in [5, 5.41) is 0. The lowest BCUT2D eigenvalue weighted by Crippen LogP contribution is -2.19. The van der Waals surface area contributed by atoms with Gasteiger partial charge in [0, 0.05) is 12.1 Å². The van der Waals surface area contributed by atoms with Crippen LogP contribution < -0.4 is 0 Å². The molecule has 1 aromatic rings. The molecule has 1 aliphatic rings. The van der Waals surface area contributed by atoms with Gasteiger partial charge in [-0.2, -0.15) is 0 Å². The Hall–Kier alpha value is -1.25. The first kappa shape index (κ1) is 10.3. The summed E-state index contributed by atoms with van der Waals surface area (Å²) in [6.45, 7) is 6.93. The number of fused-ring (bicyclic) bond motifs is 1. The van der Waals surface area contributed by atoms with Gasteiger partial charge < -0.3 is 4.81 Å². The predicted octanol–water partition coefficient (Wildman–Crippen LogP) is 2.02. The maximum atomic E-state index is 11.7. The summed E-state index contributed by atoms with van der Waals surface area (Å²) in [4.78, 5) is 12.9. The highest BCUT2D eigenvalue weighted by Crippen LogP contribution is 2.28. The fraction of sp³-hybridized carbons (Fsp3) is 0.417. The number of benzene rings is 1. The van der Waals surface area contributed by atoms with E-state index in [-0.39, 0.29) is 11.3 Å². The Kier molecular flexibility index (Phi) is 2.14. The van der Waals surface area contributed by atoms with Gasteiger partial charge in [0.2, 0.25) is 13.9 Å². The molecule has 0 saturated heterocycles. The molecule has 3 heteroatoms. The molecule has 0 atom stereocenters. The second kappa shape index (κ2) is 3.12. The number of hydrogen-bond acceptors (Lipinski definition) is 1. The summed E-state index contributed by atoms with van der Waals surface area (Å²) in [7, 11) is 5.57. The van der Waals surface area contributed by atoms with Gasteiger partial charge in [0.1, 0.15) is 0 Å². The zero-order chi connectivity index (χ0) is 11.2. The molecule has 15 heavy (non-hydrogen) atoms. The van der Waals surface area contributed by atoms with Gasteiger partial charge in [-0.1, -0.05) is 32.9 Å². The number of carbonyl (C=O) groups excluding carboxylic acids is 1. The molecule has 0 unspecified atom stereocenters. The fourth-order valence-corrected chi connectivity index (χ4v) is 1.79. The Morgan fingerprint density at radius 1 is 1.33 bits per heavy atom. The quantitative estimate of drug-likeness (QED) is 0.585. The van der Waals surface area contributed by atoms with E-state index in [0.29, 0.717) is 6.54 Å². The van der Waals surface area contributed by atoms with Crippen molar-refractivity contribution in [2.24, 2.45) is 0 Å². The van der Waals surface area contributed by atoms with Crippen LogP contribution in [0.2, 0.25) is 0 Å². The molecular formula is C12H14BNO. The third kappa shape index (κ3) is 1.67. The average molecular weight is 199 g/mol. The summed E-state index contributed by atoms with van der Waals surface area (Å²) in [6, 6.07) is 6.04. The summed E-state index contributed by atoms with van der Waals surface area (Å²) in [5.74, 6) is -0.0731. The van der Waals surface area contributed by atoms with Crippen LogP contribution in [-0.2, 0) is 12.0 Å². The van der Waals surface area contributed by atoms with Crippen LogP contribution in [-0.4, -0.2) is 18.7 Å². The van der Waals surface area contributed by atoms with Gasteiger partial charge in [-0.15, -0.1) is 0 Å². The van der Waals surface area contributed by atoms with Crippen molar-refractivity contribution in [3.8, 4) is 0 Å². The predicted molar refractivity (Wildman–Crippen MR) is 60.8 cm³/mol. The summed E-state index contributed by atoms with van der Waals surface area (Å²) < 4.78 is 0. The van der Waals surface area contributed by atoms with E-state index in [9.17, 15) is 4.79 Å². The van der Waals surface area contributed by atoms with Gasteiger partial charge in [-0.25, -0.2) is 0 Å². The first-order valence-electron chi connectivity index (χ1n) is 5.09. The number of amides is 1. The average Bonchev–Trinajstić information content (AvgIpc) is 2.41. The van der Waals surface area contributed by atoms with Crippen molar-refractivity contribution in [2.45, 2.75) is 32.7 Å². The number of hydrogen-bond donors (Lipinski definition) is 0. The minimum absolute atomic E-state index is 0.0668. The molecule has 0 N–H and O–H groups in total. The van der Waals surface area contributed by atoms with E-state index in [1.54, 1.807) is 0 Å². The normalized spacial score (nSPS) is 15.7. The van der Waals surface area contributed by atoms with Crippen molar-refractivity contribution >= 4 is 13.9 Å². The summed E-state index contributed by atoms with van der Waals surface area (Å²) >= 11 is 0. The van der Waals surface area contributed by atoms with E-state index in [1.807, 2.05) is 12.1 Å². The zero-order valence-corrected chi connectivity index (χ0v) is 9.37. The second-order valence-electron chi connectivity index (χ2n) is 5.05. The molecule has 2 rings (SSSR count). The Morgan fingerprint density at radius 3 is 2.60 bits per heavy atom. The molecule has 0 aliphatic carbocycles. The van der Waals surface area contributed by atoms with Gasteiger partial charge in [-0.05, 0) is 22.6 Å². The minimum atomic E-state index is -0.0731. The van der Waals surface area contributed by atoms with Gasteiger partial charge in [0.25, 0.3) is 0 Å². The van der Waals surface area contributed by atoms with Crippen molar-refractivity contribution in [1.82, 2.24) is 4.81 Å². The van der Waals surface area contributed by atoms with Crippen LogP contribution in [0.4, 0.5) is 0 Å². The van der Waals surface area contributed by atoms with Gasteiger partial charge in [0.05, 0.1) is 0 Å². The second-order valence-corrected chi connectivity index (χ2v) is 5.05. The summed E-state index contributed by atoms with van der Waals surface area (Å²) in [6.07, 6.45) is 0. The van der Waals surface area contributed by atoms with Crippen LogP contribution >= 0.6 is 0 Å². The largest absolute Gasteiger partial charge is 0.389 e. The van der Waals surface area contributed by atoms with Crippen LogP contribution in [0.15, 0.2) is 18.2 Å². The highest BCUT2D eigenvalue weighted by molar-refractivity contribution is 6.20. The summed E-state index contributed by atoms with van der Waals surface area (Å²) in [5.41, 5.74) is 3.02. The van der Waals surface area contributed by atoms with Crippen molar-refractivity contribution < 1.29 is 4.79 Å². The number of carbonyl (C=O) groups is 1. The Balaban J connectivity index is 2.49. The Morgan fingerprint density at radius 2 is 2.00 bits per heavy atom. The third-order valence-electron chi connectivity index (χ3n) is 2.81. The highest BCUT2D eigenvalue weighted by atomic mass is 16.2. The van der Waals surface area contributed by atoms with Gasteiger partial charge in [-0.3, -0.25) is 4.79 Å². The third-order valence-corrected chi connectivity index (χ3v) is 2.81. The molecule has 1 amide bonds. The zero-order valence-electron chi connectivity index (χ0n) is 9.37. The van der Waals surface area contributed by atoms with Crippen LogP contribution in [0.1, 0.15) is 42.3 Å². The molecular weight excluding hydrogens is 185 g/mol. The standard InChI is InChI=1S/C12H14BNO/c1-12(2,3)9-5-4-8-7-14(13)11(15)10(8)6-9/h4-6H,7H2,1-3H3. The van der Waals surface area contributed by atoms with Gasteiger partial charge >= 0.3 is 0 Å². The number of rotatable bonds is 0. The van der Waals surface area contributed by atoms with Crippen LogP contribution in [0.3, 0.4) is 0 Å². The van der Waals surface area contributed by atoms with E-state index >= 15 is 0 Å². The monoisotopic (exact) mass is 199 g/mol. The Bertz CT molecular complexity index is 420. The van der Waals surface area contributed by atoms with E-state index in [2.05, 4.69) is 26.8 Å². The first-order valence-corrected chi connectivity index (χ1v) is 5.09. The molecule has 0 spiro atoms. The van der Waals surface area contributed by atoms with E-state index < -0.39 is 0 Å². The van der Waals surface area contributed by atoms with Crippen LogP contribution in [0.25, 0.3) is 0 Å². The van der Waals surface area contributed by atoms with E-state index in [1.165, 1.54) is 10.4 Å². The lowest BCUT2D eigenvalue weighted by molar-refractivity contribution is 0.0880. The fourth-order valence-electron chi connectivity index (χ4n) is 1.79.